The predicted octanol–water partition coefficient (Wildman–Crippen LogP) is 6.98. The molecule has 6 nitrogen and oxygen atoms in total. The van der Waals surface area contributed by atoms with Crippen LogP contribution in [0.2, 0.25) is 0 Å². The van der Waals surface area contributed by atoms with Crippen molar-refractivity contribution >= 4 is 16.2 Å². The lowest BCUT2D eigenvalue weighted by molar-refractivity contribution is -0.126. The van der Waals surface area contributed by atoms with Gasteiger partial charge < -0.3 is 8.92 Å². The molecule has 7 heteroatoms. The summed E-state index contributed by atoms with van der Waals surface area (Å²) in [4.78, 5) is 14.0. The van der Waals surface area contributed by atoms with Crippen molar-refractivity contribution in [2.75, 3.05) is 7.11 Å². The average Bonchev–Trinajstić information content (AvgIpc) is 2.93. The van der Waals surface area contributed by atoms with Crippen molar-refractivity contribution in [2.45, 2.75) is 76.5 Å². The second kappa shape index (κ2) is 11.8. The zero-order valence-electron chi connectivity index (χ0n) is 23.4. The highest BCUT2D eigenvalue weighted by atomic mass is 32.2. The van der Waals surface area contributed by atoms with E-state index in [0.717, 1.165) is 29.5 Å². The molecule has 0 aliphatic heterocycles. The minimum absolute atomic E-state index is 0.0426. The molecule has 39 heavy (non-hydrogen) atoms. The lowest BCUT2D eigenvalue weighted by atomic mass is 9.65. The second-order valence-corrected chi connectivity index (χ2v) is 12.3. The standard InChI is InChI=1S/C32H39NO5S/c1-22(2)28-15-10-16-29(23(3)4)30(28)38-39(35,36)33-31(34)32(26-13-9-14-27(21-26)37-5)19-17-25(18-20-32)24-11-7-6-8-12-24/h6-16,21-23,25H,17-20H2,1-5H3,(H,33,34). The molecule has 0 spiro atoms. The van der Waals surface area contributed by atoms with Crippen LogP contribution in [0.15, 0.2) is 72.8 Å². The van der Waals surface area contributed by atoms with E-state index in [-0.39, 0.29) is 11.8 Å². The van der Waals surface area contributed by atoms with E-state index in [1.807, 2.05) is 88.4 Å². The Kier molecular flexibility index (Phi) is 8.70. The third kappa shape index (κ3) is 6.30. The largest absolute Gasteiger partial charge is 0.497 e. The van der Waals surface area contributed by atoms with E-state index in [1.54, 1.807) is 7.11 Å². The Morgan fingerprint density at radius 2 is 1.46 bits per heavy atom. The lowest BCUT2D eigenvalue weighted by Crippen LogP contribution is -2.49. The minimum atomic E-state index is -4.45. The summed E-state index contributed by atoms with van der Waals surface area (Å²) < 4.78 is 40.2. The van der Waals surface area contributed by atoms with Crippen LogP contribution in [-0.4, -0.2) is 21.4 Å². The molecule has 208 valence electrons. The summed E-state index contributed by atoms with van der Waals surface area (Å²) in [7, 11) is -2.88. The van der Waals surface area contributed by atoms with E-state index in [2.05, 4.69) is 16.9 Å². The zero-order valence-corrected chi connectivity index (χ0v) is 24.3. The molecule has 1 aliphatic carbocycles. The minimum Gasteiger partial charge on any atom is -0.497 e. The number of ether oxygens (including phenoxy) is 1. The van der Waals surface area contributed by atoms with Crippen LogP contribution in [0.25, 0.3) is 0 Å². The summed E-state index contributed by atoms with van der Waals surface area (Å²) in [6.07, 6.45) is 2.51. The molecule has 0 unspecified atom stereocenters. The van der Waals surface area contributed by atoms with Gasteiger partial charge in [-0.25, -0.2) is 4.72 Å². The first-order valence-corrected chi connectivity index (χ1v) is 15.1. The first-order chi connectivity index (χ1) is 18.6. The van der Waals surface area contributed by atoms with Gasteiger partial charge in [0, 0.05) is 0 Å². The van der Waals surface area contributed by atoms with Crippen LogP contribution >= 0.6 is 0 Å². The summed E-state index contributed by atoms with van der Waals surface area (Å²) in [5.74, 6) is 0.733. The SMILES string of the molecule is COc1cccc(C2(C(=O)NS(=O)(=O)Oc3c(C(C)C)cccc3C(C)C)CCC(c3ccccc3)CC2)c1. The molecule has 0 radical (unpaired) electrons. The molecule has 0 aromatic heterocycles. The quantitative estimate of drug-likeness (QED) is 0.311. The number of amides is 1. The number of carbonyl (C=O) groups is 1. The average molecular weight is 550 g/mol. The van der Waals surface area contributed by atoms with E-state index < -0.39 is 21.6 Å². The smallest absolute Gasteiger partial charge is 0.409 e. The summed E-state index contributed by atoms with van der Waals surface area (Å²) in [6.45, 7) is 7.95. The van der Waals surface area contributed by atoms with Gasteiger partial charge in [0.2, 0.25) is 5.91 Å². The number of rotatable bonds is 9. The molecule has 1 amide bonds. The van der Waals surface area contributed by atoms with E-state index in [9.17, 15) is 13.2 Å². The maximum absolute atomic E-state index is 14.0. The second-order valence-electron chi connectivity index (χ2n) is 11.0. The molecule has 0 saturated heterocycles. The molecule has 1 saturated carbocycles. The van der Waals surface area contributed by atoms with Gasteiger partial charge in [-0.3, -0.25) is 4.79 Å². The molecule has 3 aromatic rings. The predicted molar refractivity (Wildman–Crippen MR) is 155 cm³/mol. The summed E-state index contributed by atoms with van der Waals surface area (Å²) >= 11 is 0. The van der Waals surface area contributed by atoms with Crippen LogP contribution in [0.4, 0.5) is 0 Å². The number of carbonyl (C=O) groups excluding carboxylic acids is 1. The maximum Gasteiger partial charge on any atom is 0.409 e. The van der Waals surface area contributed by atoms with E-state index in [0.29, 0.717) is 30.3 Å². The van der Waals surface area contributed by atoms with Crippen molar-refractivity contribution in [1.29, 1.82) is 0 Å². The van der Waals surface area contributed by atoms with Crippen molar-refractivity contribution in [3.8, 4) is 11.5 Å². The van der Waals surface area contributed by atoms with Crippen LogP contribution in [-0.2, 0) is 20.5 Å². The van der Waals surface area contributed by atoms with Crippen molar-refractivity contribution in [3.63, 3.8) is 0 Å². The number of para-hydroxylation sites is 1. The van der Waals surface area contributed by atoms with Crippen LogP contribution in [0.5, 0.6) is 11.5 Å². The van der Waals surface area contributed by atoms with Gasteiger partial charge in [-0.05, 0) is 77.8 Å². The Morgan fingerprint density at radius 3 is 2.03 bits per heavy atom. The molecule has 4 rings (SSSR count). The highest BCUT2D eigenvalue weighted by molar-refractivity contribution is 7.85. The fourth-order valence-electron chi connectivity index (χ4n) is 5.66. The van der Waals surface area contributed by atoms with E-state index in [1.165, 1.54) is 5.56 Å². The molecular weight excluding hydrogens is 510 g/mol. The van der Waals surface area contributed by atoms with Crippen LogP contribution < -0.4 is 13.6 Å². The Balaban J connectivity index is 1.66. The first-order valence-electron chi connectivity index (χ1n) is 13.6. The Morgan fingerprint density at radius 1 is 0.872 bits per heavy atom. The zero-order chi connectivity index (χ0) is 28.2. The van der Waals surface area contributed by atoms with Gasteiger partial charge in [-0.2, -0.15) is 8.42 Å². The number of benzene rings is 3. The summed E-state index contributed by atoms with van der Waals surface area (Å²) in [5, 5.41) is 0. The maximum atomic E-state index is 14.0. The van der Waals surface area contributed by atoms with Crippen molar-refractivity contribution < 1.29 is 22.1 Å². The molecule has 0 bridgehead atoms. The van der Waals surface area contributed by atoms with Gasteiger partial charge >= 0.3 is 10.3 Å². The topological polar surface area (TPSA) is 81.7 Å². The first kappa shape index (κ1) is 28.7. The van der Waals surface area contributed by atoms with Crippen molar-refractivity contribution in [2.24, 2.45) is 0 Å². The third-order valence-corrected chi connectivity index (χ3v) is 8.72. The normalized spacial score (nSPS) is 19.6. The van der Waals surface area contributed by atoms with Crippen LogP contribution in [0.1, 0.15) is 93.4 Å². The van der Waals surface area contributed by atoms with Gasteiger partial charge in [-0.15, -0.1) is 0 Å². The van der Waals surface area contributed by atoms with Gasteiger partial charge in [0.25, 0.3) is 0 Å². The third-order valence-electron chi connectivity index (χ3n) is 7.90. The molecule has 3 aromatic carbocycles. The fraction of sp³-hybridized carbons (Fsp3) is 0.406. The van der Waals surface area contributed by atoms with Gasteiger partial charge in [0.15, 0.2) is 5.75 Å². The van der Waals surface area contributed by atoms with Gasteiger partial charge in [0.1, 0.15) is 5.75 Å². The van der Waals surface area contributed by atoms with E-state index >= 15 is 0 Å². The molecule has 1 aliphatic rings. The number of hydrogen-bond acceptors (Lipinski definition) is 5. The van der Waals surface area contributed by atoms with Crippen LogP contribution in [0, 0.1) is 0 Å². The van der Waals surface area contributed by atoms with Crippen LogP contribution in [0.3, 0.4) is 0 Å². The lowest BCUT2D eigenvalue weighted by Gasteiger charge is -2.39. The monoisotopic (exact) mass is 549 g/mol. The van der Waals surface area contributed by atoms with Gasteiger partial charge in [0.05, 0.1) is 12.5 Å². The van der Waals surface area contributed by atoms with E-state index in [4.69, 9.17) is 8.92 Å². The highest BCUT2D eigenvalue weighted by Gasteiger charge is 2.45. The van der Waals surface area contributed by atoms with Crippen molar-refractivity contribution in [1.82, 2.24) is 4.72 Å². The molecule has 1 fully saturated rings. The summed E-state index contributed by atoms with van der Waals surface area (Å²) in [5.41, 5.74) is 2.51. The number of hydrogen-bond donors (Lipinski definition) is 1. The molecule has 0 atom stereocenters. The number of nitrogens with one attached hydrogen (secondary N) is 1. The fourth-order valence-corrected chi connectivity index (χ4v) is 6.53. The van der Waals surface area contributed by atoms with Crippen molar-refractivity contribution in [3.05, 3.63) is 95.1 Å². The molecular formula is C32H39NO5S. The number of methoxy groups -OCH3 is 1. The molecule has 0 heterocycles. The highest BCUT2D eigenvalue weighted by Crippen LogP contribution is 2.46. The Labute approximate surface area is 233 Å². The Hall–Kier alpha value is -3.32. The van der Waals surface area contributed by atoms with Gasteiger partial charge in [-0.1, -0.05) is 88.4 Å². The molecule has 1 N–H and O–H groups in total. The Bertz CT molecular complexity index is 1360. The summed E-state index contributed by atoms with van der Waals surface area (Å²) in [6, 6.07) is 23.3.